The van der Waals surface area contributed by atoms with Crippen LogP contribution in [0.1, 0.15) is 61.3 Å². The lowest BCUT2D eigenvalue weighted by atomic mass is 9.80. The highest BCUT2D eigenvalue weighted by Crippen LogP contribution is 2.51. The zero-order valence-electron chi connectivity index (χ0n) is 20.4. The third-order valence-corrected chi connectivity index (χ3v) is 6.54. The largest absolute Gasteiger partial charge is 0.479 e. The van der Waals surface area contributed by atoms with Crippen molar-refractivity contribution in [2.45, 2.75) is 52.3 Å². The van der Waals surface area contributed by atoms with E-state index in [-0.39, 0.29) is 42.7 Å². The Bertz CT molecular complexity index is 1100. The van der Waals surface area contributed by atoms with Gasteiger partial charge in [-0.3, -0.25) is 4.79 Å². The van der Waals surface area contributed by atoms with Gasteiger partial charge in [0, 0.05) is 24.4 Å². The van der Waals surface area contributed by atoms with E-state index in [2.05, 4.69) is 10.3 Å². The minimum atomic E-state index is -0.606. The van der Waals surface area contributed by atoms with Gasteiger partial charge >= 0.3 is 12.1 Å². The van der Waals surface area contributed by atoms with E-state index in [0.29, 0.717) is 17.2 Å². The summed E-state index contributed by atoms with van der Waals surface area (Å²) in [6.45, 7) is 5.53. The van der Waals surface area contributed by atoms with E-state index in [0.717, 1.165) is 18.4 Å². The van der Waals surface area contributed by atoms with Gasteiger partial charge in [0.2, 0.25) is 11.8 Å². The molecular weight excluding hydrogens is 450 g/mol. The molecule has 9 heteroatoms. The van der Waals surface area contributed by atoms with Crippen molar-refractivity contribution in [3.8, 4) is 5.88 Å². The molecule has 0 radical (unpaired) electrons. The lowest BCUT2D eigenvalue weighted by Gasteiger charge is -2.45. The standard InChI is InChI=1S/C26H31N3O6/c1-5-34-25(31)20-13-19-21(28-26(32)35-14-17-9-7-6-8-10-17)15(2)22(18-11-12-18)29(16(3)30)23(19)24(27-20)33-4/h6-10,13,15,18,21-22H,5,11-12,14H2,1-4H3,(H,28,32)/t15-,21-,22-/m1/s1. The van der Waals surface area contributed by atoms with Gasteiger partial charge in [-0.2, -0.15) is 0 Å². The number of anilines is 1. The molecule has 1 aromatic carbocycles. The van der Waals surface area contributed by atoms with Crippen molar-refractivity contribution in [2.75, 3.05) is 18.6 Å². The zero-order chi connectivity index (χ0) is 25.1. The van der Waals surface area contributed by atoms with Crippen LogP contribution >= 0.6 is 0 Å². The Kier molecular flexibility index (Phi) is 7.23. The molecule has 9 nitrogen and oxygen atoms in total. The van der Waals surface area contributed by atoms with Crippen LogP contribution in [0.4, 0.5) is 10.5 Å². The van der Waals surface area contributed by atoms with E-state index in [1.165, 1.54) is 14.0 Å². The first-order chi connectivity index (χ1) is 16.8. The van der Waals surface area contributed by atoms with Crippen molar-refractivity contribution in [3.63, 3.8) is 0 Å². The fourth-order valence-corrected chi connectivity index (χ4v) is 4.88. The van der Waals surface area contributed by atoms with E-state index >= 15 is 0 Å². The molecule has 186 valence electrons. The number of pyridine rings is 1. The Balaban J connectivity index is 1.73. The second-order valence-corrected chi connectivity index (χ2v) is 8.93. The first-order valence-electron chi connectivity index (χ1n) is 11.9. The molecule has 0 bridgehead atoms. The van der Waals surface area contributed by atoms with Crippen LogP contribution in [0.15, 0.2) is 36.4 Å². The molecule has 2 amide bonds. The van der Waals surface area contributed by atoms with Crippen LogP contribution in [-0.2, 0) is 20.9 Å². The first-order valence-corrected chi connectivity index (χ1v) is 11.9. The van der Waals surface area contributed by atoms with Gasteiger partial charge < -0.3 is 24.4 Å². The zero-order valence-corrected chi connectivity index (χ0v) is 20.4. The van der Waals surface area contributed by atoms with Crippen LogP contribution < -0.4 is 15.0 Å². The molecule has 1 aromatic heterocycles. The summed E-state index contributed by atoms with van der Waals surface area (Å²) in [4.78, 5) is 44.3. The number of carbonyl (C=O) groups excluding carboxylic acids is 3. The van der Waals surface area contributed by atoms with Gasteiger partial charge in [-0.05, 0) is 37.3 Å². The molecule has 4 rings (SSSR count). The van der Waals surface area contributed by atoms with Gasteiger partial charge in [-0.15, -0.1) is 0 Å². The predicted octanol–water partition coefficient (Wildman–Crippen LogP) is 4.02. The number of ether oxygens (including phenoxy) is 3. The molecule has 2 aromatic rings. The lowest BCUT2D eigenvalue weighted by Crippen LogP contribution is -2.53. The summed E-state index contributed by atoms with van der Waals surface area (Å²) in [7, 11) is 1.44. The highest BCUT2D eigenvalue weighted by molar-refractivity contribution is 5.97. The van der Waals surface area contributed by atoms with Gasteiger partial charge in [0.05, 0.1) is 19.8 Å². The van der Waals surface area contributed by atoms with Crippen LogP contribution in [0.25, 0.3) is 0 Å². The average Bonchev–Trinajstić information content (AvgIpc) is 3.69. The topological polar surface area (TPSA) is 107 Å². The molecule has 1 aliphatic carbocycles. The quantitative estimate of drug-likeness (QED) is 0.595. The Hall–Kier alpha value is -3.62. The van der Waals surface area contributed by atoms with Gasteiger partial charge in [-0.1, -0.05) is 37.3 Å². The number of carbonyl (C=O) groups is 3. The van der Waals surface area contributed by atoms with Crippen molar-refractivity contribution in [2.24, 2.45) is 11.8 Å². The number of rotatable bonds is 7. The molecule has 3 atom stereocenters. The Morgan fingerprint density at radius 1 is 1.14 bits per heavy atom. The van der Waals surface area contributed by atoms with Crippen molar-refractivity contribution < 1.29 is 28.6 Å². The third kappa shape index (κ3) is 5.08. The number of fused-ring (bicyclic) bond motifs is 1. The fraction of sp³-hybridized carbons (Fsp3) is 0.462. The van der Waals surface area contributed by atoms with Gasteiger partial charge in [0.1, 0.15) is 12.3 Å². The summed E-state index contributed by atoms with van der Waals surface area (Å²) in [6, 6.07) is 10.3. The number of nitrogens with one attached hydrogen (secondary N) is 1. The monoisotopic (exact) mass is 481 g/mol. The summed E-state index contributed by atoms with van der Waals surface area (Å²) in [5.41, 5.74) is 1.95. The van der Waals surface area contributed by atoms with Crippen LogP contribution in [0, 0.1) is 11.8 Å². The number of nitrogens with zero attached hydrogens (tertiary/aromatic N) is 2. The predicted molar refractivity (Wildman–Crippen MR) is 128 cm³/mol. The van der Waals surface area contributed by atoms with E-state index in [9.17, 15) is 14.4 Å². The lowest BCUT2D eigenvalue weighted by molar-refractivity contribution is -0.117. The molecule has 0 unspecified atom stereocenters. The molecule has 1 saturated carbocycles. The maximum Gasteiger partial charge on any atom is 0.407 e. The highest BCUT2D eigenvalue weighted by atomic mass is 16.5. The third-order valence-electron chi connectivity index (χ3n) is 6.54. The first kappa shape index (κ1) is 24.5. The number of amides is 2. The summed E-state index contributed by atoms with van der Waals surface area (Å²) >= 11 is 0. The maximum absolute atomic E-state index is 12.9. The maximum atomic E-state index is 12.9. The number of aromatic nitrogens is 1. The minimum Gasteiger partial charge on any atom is -0.479 e. The molecule has 2 heterocycles. The molecule has 35 heavy (non-hydrogen) atoms. The van der Waals surface area contributed by atoms with Crippen LogP contribution in [0.3, 0.4) is 0 Å². The van der Waals surface area contributed by atoms with Crippen molar-refractivity contribution in [1.29, 1.82) is 0 Å². The second-order valence-electron chi connectivity index (χ2n) is 8.93. The summed E-state index contributed by atoms with van der Waals surface area (Å²) in [6.07, 6.45) is 1.40. The molecule has 0 spiro atoms. The van der Waals surface area contributed by atoms with Crippen LogP contribution in [0.5, 0.6) is 5.88 Å². The summed E-state index contributed by atoms with van der Waals surface area (Å²) in [5.74, 6) is -0.455. The Labute approximate surface area is 204 Å². The van der Waals surface area contributed by atoms with Gasteiger partial charge in [0.25, 0.3) is 0 Å². The number of alkyl carbamates (subject to hydrolysis) is 1. The van der Waals surface area contributed by atoms with E-state index in [1.54, 1.807) is 17.9 Å². The SMILES string of the molecule is CCOC(=O)c1cc2c(c(OC)n1)N(C(C)=O)[C@@H](C1CC1)[C@H](C)[C@H]2NC(=O)OCc1ccccc1. The van der Waals surface area contributed by atoms with E-state index in [1.807, 2.05) is 37.3 Å². The van der Waals surface area contributed by atoms with E-state index in [4.69, 9.17) is 14.2 Å². The van der Waals surface area contributed by atoms with Gasteiger partial charge in [-0.25, -0.2) is 14.6 Å². The van der Waals surface area contributed by atoms with Crippen molar-refractivity contribution >= 4 is 23.7 Å². The summed E-state index contributed by atoms with van der Waals surface area (Å²) in [5, 5.41) is 2.98. The average molecular weight is 482 g/mol. The highest BCUT2D eigenvalue weighted by Gasteiger charge is 2.49. The number of hydrogen-bond donors (Lipinski definition) is 1. The number of esters is 1. The van der Waals surface area contributed by atoms with Crippen LogP contribution in [-0.4, -0.2) is 42.7 Å². The van der Waals surface area contributed by atoms with Crippen LogP contribution in [0.2, 0.25) is 0 Å². The second kappa shape index (κ2) is 10.3. The molecular formula is C26H31N3O6. The molecule has 1 N–H and O–H groups in total. The van der Waals surface area contributed by atoms with Crippen molar-refractivity contribution in [3.05, 3.63) is 53.2 Å². The Morgan fingerprint density at radius 2 is 1.86 bits per heavy atom. The number of methoxy groups -OCH3 is 1. The molecule has 1 aliphatic heterocycles. The van der Waals surface area contributed by atoms with E-state index < -0.39 is 18.1 Å². The molecule has 2 aliphatic rings. The smallest absolute Gasteiger partial charge is 0.407 e. The van der Waals surface area contributed by atoms with Crippen molar-refractivity contribution in [1.82, 2.24) is 10.3 Å². The number of hydrogen-bond acceptors (Lipinski definition) is 7. The summed E-state index contributed by atoms with van der Waals surface area (Å²) < 4.78 is 16.2. The fourth-order valence-electron chi connectivity index (χ4n) is 4.88. The molecule has 1 fully saturated rings. The Morgan fingerprint density at radius 3 is 2.46 bits per heavy atom. The number of benzene rings is 1. The normalized spacial score (nSPS) is 21.0. The minimum absolute atomic E-state index is 0.0486. The molecule has 0 saturated heterocycles. The van der Waals surface area contributed by atoms with Gasteiger partial charge in [0.15, 0.2) is 5.69 Å².